The van der Waals surface area contributed by atoms with Gasteiger partial charge in [-0.05, 0) is 12.6 Å². The zero-order chi connectivity index (χ0) is 13.8. The Morgan fingerprint density at radius 1 is 1.10 bits per heavy atom. The van der Waals surface area contributed by atoms with Crippen molar-refractivity contribution in [2.75, 3.05) is 46.4 Å². The summed E-state index contributed by atoms with van der Waals surface area (Å²) in [6.07, 6.45) is 0.971. The van der Waals surface area contributed by atoms with Crippen molar-refractivity contribution in [2.24, 2.45) is 0 Å². The van der Waals surface area contributed by atoms with Gasteiger partial charge in [-0.1, -0.05) is 30.3 Å². The quantitative estimate of drug-likeness (QED) is 0.836. The summed E-state index contributed by atoms with van der Waals surface area (Å²) in [6, 6.07) is 11.3. The average molecular weight is 276 g/mol. The third kappa shape index (κ3) is 3.38. The van der Waals surface area contributed by atoms with E-state index in [0.717, 1.165) is 45.8 Å². The monoisotopic (exact) mass is 276 g/mol. The van der Waals surface area contributed by atoms with Crippen LogP contribution in [0.15, 0.2) is 30.3 Å². The molecule has 1 aromatic carbocycles. The van der Waals surface area contributed by atoms with Gasteiger partial charge in [-0.2, -0.15) is 0 Å². The maximum Gasteiger partial charge on any atom is 0.159 e. The van der Waals surface area contributed by atoms with E-state index in [1.165, 1.54) is 5.56 Å². The number of hydrogen-bond donors (Lipinski definition) is 0. The van der Waals surface area contributed by atoms with Gasteiger partial charge >= 0.3 is 0 Å². The molecule has 2 fully saturated rings. The molecule has 3 rings (SSSR count). The molecule has 2 heterocycles. The molecule has 20 heavy (non-hydrogen) atoms. The van der Waals surface area contributed by atoms with E-state index in [9.17, 15) is 0 Å². The van der Waals surface area contributed by atoms with Crippen molar-refractivity contribution in [3.63, 3.8) is 0 Å². The number of nitrogens with zero attached hydrogens (tertiary/aromatic N) is 2. The molecule has 0 N–H and O–H groups in total. The summed E-state index contributed by atoms with van der Waals surface area (Å²) in [7, 11) is 2.20. The van der Waals surface area contributed by atoms with Crippen LogP contribution < -0.4 is 0 Å². The van der Waals surface area contributed by atoms with Crippen molar-refractivity contribution in [3.05, 3.63) is 35.9 Å². The zero-order valence-corrected chi connectivity index (χ0v) is 12.2. The van der Waals surface area contributed by atoms with Crippen molar-refractivity contribution in [2.45, 2.75) is 18.8 Å². The molecule has 0 radical (unpaired) electrons. The number of likely N-dealkylation sites (N-methyl/N-ethyl adjacent to an activating group) is 1. The normalized spacial score (nSPS) is 26.1. The first kappa shape index (κ1) is 14.0. The van der Waals surface area contributed by atoms with E-state index < -0.39 is 0 Å². The van der Waals surface area contributed by atoms with Crippen LogP contribution >= 0.6 is 0 Å². The Morgan fingerprint density at radius 2 is 1.85 bits per heavy atom. The highest BCUT2D eigenvalue weighted by Crippen LogP contribution is 2.25. The van der Waals surface area contributed by atoms with Gasteiger partial charge in [0.2, 0.25) is 0 Å². The van der Waals surface area contributed by atoms with Gasteiger partial charge in [0.25, 0.3) is 0 Å². The third-order valence-corrected chi connectivity index (χ3v) is 4.22. The second-order valence-corrected chi connectivity index (χ2v) is 5.68. The molecule has 0 saturated carbocycles. The molecule has 2 saturated heterocycles. The zero-order valence-electron chi connectivity index (χ0n) is 12.2. The second kappa shape index (κ2) is 6.68. The Bertz CT molecular complexity index is 406. The van der Waals surface area contributed by atoms with Crippen LogP contribution in [0.3, 0.4) is 0 Å². The first-order valence-corrected chi connectivity index (χ1v) is 7.53. The van der Waals surface area contributed by atoms with Gasteiger partial charge in [0, 0.05) is 38.6 Å². The van der Waals surface area contributed by atoms with E-state index in [0.29, 0.717) is 6.04 Å². The minimum atomic E-state index is 0.00563. The van der Waals surface area contributed by atoms with E-state index in [1.54, 1.807) is 0 Å². The van der Waals surface area contributed by atoms with Crippen LogP contribution in [-0.2, 0) is 9.47 Å². The lowest BCUT2D eigenvalue weighted by molar-refractivity contribution is -0.0564. The van der Waals surface area contributed by atoms with Crippen molar-refractivity contribution in [1.82, 2.24) is 9.80 Å². The Balaban J connectivity index is 1.63. The number of hydrogen-bond acceptors (Lipinski definition) is 4. The van der Waals surface area contributed by atoms with Gasteiger partial charge in [0.15, 0.2) is 6.29 Å². The maximum atomic E-state index is 5.55. The highest BCUT2D eigenvalue weighted by Gasteiger charge is 2.27. The molecule has 2 aliphatic heterocycles. The molecular formula is C16H24N2O2. The summed E-state index contributed by atoms with van der Waals surface area (Å²) in [6.45, 7) is 5.87. The number of benzene rings is 1. The Hall–Kier alpha value is -0.940. The van der Waals surface area contributed by atoms with Gasteiger partial charge in [-0.15, -0.1) is 0 Å². The highest BCUT2D eigenvalue weighted by atomic mass is 16.7. The van der Waals surface area contributed by atoms with Gasteiger partial charge in [-0.25, -0.2) is 0 Å². The van der Waals surface area contributed by atoms with Crippen LogP contribution in [-0.4, -0.2) is 62.5 Å². The number of ether oxygens (including phenoxy) is 2. The summed E-state index contributed by atoms with van der Waals surface area (Å²) in [5, 5.41) is 0. The summed E-state index contributed by atoms with van der Waals surface area (Å²) in [5.41, 5.74) is 1.41. The van der Waals surface area contributed by atoms with Crippen LogP contribution in [0.2, 0.25) is 0 Å². The smallest absolute Gasteiger partial charge is 0.159 e. The van der Waals surface area contributed by atoms with E-state index in [4.69, 9.17) is 9.47 Å². The van der Waals surface area contributed by atoms with Crippen LogP contribution in [0.4, 0.5) is 0 Å². The molecule has 0 unspecified atom stereocenters. The lowest BCUT2D eigenvalue weighted by Gasteiger charge is -2.40. The molecule has 0 bridgehead atoms. The van der Waals surface area contributed by atoms with Gasteiger partial charge in [0.05, 0.1) is 13.2 Å². The predicted octanol–water partition coefficient (Wildman–Crippen LogP) is 1.74. The van der Waals surface area contributed by atoms with E-state index in [2.05, 4.69) is 47.2 Å². The molecule has 0 spiro atoms. The van der Waals surface area contributed by atoms with Gasteiger partial charge < -0.3 is 14.4 Å². The van der Waals surface area contributed by atoms with Crippen molar-refractivity contribution in [1.29, 1.82) is 0 Å². The molecule has 2 aliphatic rings. The first-order chi connectivity index (χ1) is 9.83. The van der Waals surface area contributed by atoms with Crippen LogP contribution in [0, 0.1) is 0 Å². The minimum absolute atomic E-state index is 0.00563. The van der Waals surface area contributed by atoms with Crippen LogP contribution in [0.1, 0.15) is 18.0 Å². The lowest BCUT2D eigenvalue weighted by atomic mass is 10.0. The molecular weight excluding hydrogens is 252 g/mol. The fourth-order valence-corrected chi connectivity index (χ4v) is 3.06. The van der Waals surface area contributed by atoms with Crippen molar-refractivity contribution >= 4 is 0 Å². The van der Waals surface area contributed by atoms with E-state index in [-0.39, 0.29) is 6.29 Å². The van der Waals surface area contributed by atoms with Crippen molar-refractivity contribution in [3.8, 4) is 0 Å². The standard InChI is InChI=1S/C16H24N2O2/c1-17-9-10-18(8-7-16-19-11-12-20-16)15(13-17)14-5-3-2-4-6-14/h2-6,15-16H,7-13H2,1H3/t15-/m1/s1. The molecule has 4 nitrogen and oxygen atoms in total. The maximum absolute atomic E-state index is 5.55. The highest BCUT2D eigenvalue weighted by molar-refractivity contribution is 5.20. The molecule has 0 aromatic heterocycles. The molecule has 1 atom stereocenters. The topological polar surface area (TPSA) is 24.9 Å². The number of piperazine rings is 1. The Kier molecular flexibility index (Phi) is 4.68. The first-order valence-electron chi connectivity index (χ1n) is 7.53. The molecule has 1 aromatic rings. The van der Waals surface area contributed by atoms with Crippen LogP contribution in [0.25, 0.3) is 0 Å². The third-order valence-electron chi connectivity index (χ3n) is 4.22. The molecule has 0 amide bonds. The SMILES string of the molecule is CN1CCN(CCC2OCCO2)[C@@H](c2ccccc2)C1. The summed E-state index contributed by atoms with van der Waals surface area (Å²) < 4.78 is 11.1. The average Bonchev–Trinajstić information content (AvgIpc) is 3.00. The second-order valence-electron chi connectivity index (χ2n) is 5.68. The molecule has 0 aliphatic carbocycles. The molecule has 110 valence electrons. The minimum Gasteiger partial charge on any atom is -0.350 e. The van der Waals surface area contributed by atoms with E-state index in [1.807, 2.05) is 0 Å². The van der Waals surface area contributed by atoms with Crippen LogP contribution in [0.5, 0.6) is 0 Å². The Morgan fingerprint density at radius 3 is 2.60 bits per heavy atom. The lowest BCUT2D eigenvalue weighted by Crippen LogP contribution is -2.47. The molecule has 4 heteroatoms. The van der Waals surface area contributed by atoms with Gasteiger partial charge in [-0.3, -0.25) is 4.90 Å². The Labute approximate surface area is 121 Å². The van der Waals surface area contributed by atoms with E-state index >= 15 is 0 Å². The summed E-state index contributed by atoms with van der Waals surface area (Å²) >= 11 is 0. The summed E-state index contributed by atoms with van der Waals surface area (Å²) in [5.74, 6) is 0. The summed E-state index contributed by atoms with van der Waals surface area (Å²) in [4.78, 5) is 4.98. The van der Waals surface area contributed by atoms with Gasteiger partial charge in [0.1, 0.15) is 0 Å². The van der Waals surface area contributed by atoms with Crippen molar-refractivity contribution < 1.29 is 9.47 Å². The largest absolute Gasteiger partial charge is 0.350 e. The fourth-order valence-electron chi connectivity index (χ4n) is 3.06. The predicted molar refractivity (Wildman–Crippen MR) is 78.6 cm³/mol. The fraction of sp³-hybridized carbons (Fsp3) is 0.625. The number of rotatable bonds is 4.